The van der Waals surface area contributed by atoms with Gasteiger partial charge in [-0.05, 0) is 58.5 Å². The number of nitrogens with one attached hydrogen (secondary N) is 3. The third-order valence-electron chi connectivity index (χ3n) is 5.38. The lowest BCUT2D eigenvalue weighted by atomic mass is 9.92. The lowest BCUT2D eigenvalue weighted by Crippen LogP contribution is -2.14. The number of nitriles is 1. The average Bonchev–Trinajstić information content (AvgIpc) is 3.25. The fourth-order valence-electron chi connectivity index (χ4n) is 3.14. The molecule has 0 atom stereocenters. The molecule has 10 nitrogen and oxygen atoms in total. The summed E-state index contributed by atoms with van der Waals surface area (Å²) in [4.78, 5) is 34.7. The first-order valence-corrected chi connectivity index (χ1v) is 13.4. The van der Waals surface area contributed by atoms with Crippen LogP contribution < -0.4 is 16.4 Å². The van der Waals surface area contributed by atoms with E-state index in [9.17, 15) is 9.59 Å². The van der Waals surface area contributed by atoms with Gasteiger partial charge in [-0.25, -0.2) is 9.97 Å². The number of nitrogen functional groups attached to an aromatic ring is 1. The van der Waals surface area contributed by atoms with Crippen molar-refractivity contribution in [3.63, 3.8) is 0 Å². The van der Waals surface area contributed by atoms with Crippen molar-refractivity contribution in [2.45, 2.75) is 54.1 Å². The SMILES string of the molecule is C/C=C\CC(=O)Nc1ccc(C)c(NC(=O)c2sc3ncc(CO/C=C\C)nc3c2N)c1.CC(C)(C#N)CC=N. The smallest absolute Gasteiger partial charge is 0.268 e. The Morgan fingerprint density at radius 1 is 1.25 bits per heavy atom. The minimum Gasteiger partial charge on any atom is -0.495 e. The van der Waals surface area contributed by atoms with Crippen molar-refractivity contribution in [2.24, 2.45) is 5.41 Å². The highest BCUT2D eigenvalue weighted by Gasteiger charge is 2.20. The van der Waals surface area contributed by atoms with Crippen molar-refractivity contribution in [1.29, 1.82) is 10.7 Å². The van der Waals surface area contributed by atoms with E-state index < -0.39 is 0 Å². The van der Waals surface area contributed by atoms with Crippen LogP contribution in [0.25, 0.3) is 10.3 Å². The molecule has 5 N–H and O–H groups in total. The summed E-state index contributed by atoms with van der Waals surface area (Å²) in [6.45, 7) is 9.48. The summed E-state index contributed by atoms with van der Waals surface area (Å²) in [5, 5.41) is 20.8. The number of carbonyl (C=O) groups is 2. The number of carbonyl (C=O) groups excluding carboxylic acids is 2. The van der Waals surface area contributed by atoms with Crippen molar-refractivity contribution in [2.75, 3.05) is 16.4 Å². The van der Waals surface area contributed by atoms with Gasteiger partial charge in [-0.1, -0.05) is 24.3 Å². The molecule has 0 saturated carbocycles. The van der Waals surface area contributed by atoms with E-state index in [1.165, 1.54) is 17.6 Å². The van der Waals surface area contributed by atoms with Gasteiger partial charge in [-0.3, -0.25) is 9.59 Å². The van der Waals surface area contributed by atoms with Crippen molar-refractivity contribution in [1.82, 2.24) is 9.97 Å². The third-order valence-corrected chi connectivity index (χ3v) is 6.48. The Morgan fingerprint density at radius 3 is 2.62 bits per heavy atom. The van der Waals surface area contributed by atoms with Crippen LogP contribution in [0.1, 0.15) is 61.5 Å². The highest BCUT2D eigenvalue weighted by Crippen LogP contribution is 2.32. The molecular formula is C29H35N7O3S. The third kappa shape index (κ3) is 9.32. The summed E-state index contributed by atoms with van der Waals surface area (Å²) < 4.78 is 5.33. The van der Waals surface area contributed by atoms with Gasteiger partial charge in [-0.2, -0.15) is 5.26 Å². The Balaban J connectivity index is 0.000000611. The molecule has 11 heteroatoms. The monoisotopic (exact) mass is 561 g/mol. The fourth-order valence-corrected chi connectivity index (χ4v) is 4.04. The molecule has 2 amide bonds. The average molecular weight is 562 g/mol. The van der Waals surface area contributed by atoms with Gasteiger partial charge in [0.1, 0.15) is 21.8 Å². The van der Waals surface area contributed by atoms with Gasteiger partial charge in [0.25, 0.3) is 5.91 Å². The Bertz CT molecular complexity index is 1450. The zero-order chi connectivity index (χ0) is 29.7. The van der Waals surface area contributed by atoms with E-state index in [0.29, 0.717) is 38.7 Å². The predicted octanol–water partition coefficient (Wildman–Crippen LogP) is 6.36. The van der Waals surface area contributed by atoms with Gasteiger partial charge >= 0.3 is 0 Å². The van der Waals surface area contributed by atoms with E-state index in [4.69, 9.17) is 21.1 Å². The van der Waals surface area contributed by atoms with Crippen molar-refractivity contribution < 1.29 is 14.3 Å². The van der Waals surface area contributed by atoms with Crippen LogP contribution in [0.4, 0.5) is 17.1 Å². The summed E-state index contributed by atoms with van der Waals surface area (Å²) in [6.07, 6.45) is 10.6. The van der Waals surface area contributed by atoms with Crippen molar-refractivity contribution in [3.8, 4) is 6.07 Å². The van der Waals surface area contributed by atoms with Crippen LogP contribution in [0.2, 0.25) is 0 Å². The van der Waals surface area contributed by atoms with Crippen LogP contribution in [0.15, 0.2) is 48.9 Å². The van der Waals surface area contributed by atoms with Gasteiger partial charge in [-0.15, -0.1) is 11.3 Å². The molecule has 3 aromatic rings. The summed E-state index contributed by atoms with van der Waals surface area (Å²) >= 11 is 1.18. The highest BCUT2D eigenvalue weighted by molar-refractivity contribution is 7.21. The number of hydrogen-bond acceptors (Lipinski definition) is 9. The van der Waals surface area contributed by atoms with E-state index in [1.54, 1.807) is 36.7 Å². The minimum absolute atomic E-state index is 0.135. The number of anilines is 3. The number of amides is 2. The van der Waals surface area contributed by atoms with Gasteiger partial charge in [0.15, 0.2) is 0 Å². The lowest BCUT2D eigenvalue weighted by Gasteiger charge is -2.11. The van der Waals surface area contributed by atoms with Crippen LogP contribution in [0, 0.1) is 29.1 Å². The number of aromatic nitrogens is 2. The molecule has 0 fully saturated rings. The summed E-state index contributed by atoms with van der Waals surface area (Å²) in [6, 6.07) is 7.43. The number of nitrogens with zero attached hydrogens (tertiary/aromatic N) is 3. The number of benzene rings is 1. The summed E-state index contributed by atoms with van der Waals surface area (Å²) in [7, 11) is 0. The Labute approximate surface area is 238 Å². The van der Waals surface area contributed by atoms with Crippen LogP contribution in [0.3, 0.4) is 0 Å². The van der Waals surface area contributed by atoms with Crippen molar-refractivity contribution in [3.05, 3.63) is 65.0 Å². The Morgan fingerprint density at radius 2 is 2.00 bits per heavy atom. The number of allylic oxidation sites excluding steroid dienone is 2. The number of ether oxygens (including phenoxy) is 1. The summed E-state index contributed by atoms with van der Waals surface area (Å²) in [5.41, 5.74) is 9.27. The topological polar surface area (TPSA) is 167 Å². The molecule has 0 spiro atoms. The molecule has 1 aromatic carbocycles. The van der Waals surface area contributed by atoms with E-state index in [1.807, 2.05) is 46.8 Å². The first-order chi connectivity index (χ1) is 19.0. The van der Waals surface area contributed by atoms with Gasteiger partial charge in [0.2, 0.25) is 5.91 Å². The zero-order valence-electron chi connectivity index (χ0n) is 23.4. The normalized spacial score (nSPS) is 11.1. The molecule has 3 rings (SSSR count). The van der Waals surface area contributed by atoms with E-state index in [2.05, 4.69) is 26.7 Å². The van der Waals surface area contributed by atoms with Crippen LogP contribution >= 0.6 is 11.3 Å². The second kappa shape index (κ2) is 15.1. The molecule has 2 heterocycles. The van der Waals surface area contributed by atoms with Gasteiger partial charge < -0.3 is 26.5 Å². The molecule has 40 heavy (non-hydrogen) atoms. The molecule has 0 unspecified atom stereocenters. The molecule has 0 aliphatic heterocycles. The van der Waals surface area contributed by atoms with E-state index >= 15 is 0 Å². The second-order valence-corrected chi connectivity index (χ2v) is 10.3. The quantitative estimate of drug-likeness (QED) is 0.127. The van der Waals surface area contributed by atoms with E-state index in [-0.39, 0.29) is 35.9 Å². The first kappa shape index (κ1) is 31.7. The predicted molar refractivity (Wildman–Crippen MR) is 161 cm³/mol. The largest absolute Gasteiger partial charge is 0.495 e. The number of thiophene rings is 1. The molecule has 0 bridgehead atoms. The lowest BCUT2D eigenvalue weighted by molar-refractivity contribution is -0.115. The van der Waals surface area contributed by atoms with Crippen LogP contribution in [0.5, 0.6) is 0 Å². The molecule has 0 aliphatic rings. The molecular weight excluding hydrogens is 526 g/mol. The van der Waals surface area contributed by atoms with E-state index in [0.717, 1.165) is 5.56 Å². The molecule has 0 saturated heterocycles. The van der Waals surface area contributed by atoms with Gasteiger partial charge in [0, 0.05) is 24.2 Å². The number of fused-ring (bicyclic) bond motifs is 1. The maximum atomic E-state index is 13.0. The van der Waals surface area contributed by atoms with Gasteiger partial charge in [0.05, 0.1) is 35.3 Å². The first-order valence-electron chi connectivity index (χ1n) is 12.5. The molecule has 210 valence electrons. The molecule has 0 aliphatic carbocycles. The number of aryl methyl sites for hydroxylation is 1. The number of nitrogens with two attached hydrogens (primary N) is 1. The second-order valence-electron chi connectivity index (χ2n) is 9.35. The number of rotatable bonds is 10. The summed E-state index contributed by atoms with van der Waals surface area (Å²) in [5.74, 6) is -0.496. The standard InChI is InChI=1S/C23H25N5O3S.C6H10N2/c1-4-6-7-18(29)26-15-9-8-14(3)17(11-15)28-22(30)21-19(24)20-23(32-21)25-12-16(27-20)13-31-10-5-2;1-6(2,5-8)3-4-7/h4-6,8-12H,7,13,24H2,1-3H3,(H,26,29)(H,28,30);4,7H,3H2,1-2H3/b6-4-,10-5-;. The van der Waals surface area contributed by atoms with Crippen molar-refractivity contribution >= 4 is 56.8 Å². The van der Waals surface area contributed by atoms with Crippen LogP contribution in [-0.4, -0.2) is 28.0 Å². The molecule has 0 radical (unpaired) electrons. The maximum Gasteiger partial charge on any atom is 0.268 e. The number of hydrogen-bond donors (Lipinski definition) is 4. The zero-order valence-corrected chi connectivity index (χ0v) is 24.2. The van der Waals surface area contributed by atoms with Crippen LogP contribution in [-0.2, 0) is 16.1 Å². The Kier molecular flexibility index (Phi) is 12.0. The Hall–Kier alpha value is -4.56. The minimum atomic E-state index is -0.362. The molecule has 2 aromatic heterocycles. The maximum absolute atomic E-state index is 13.0. The fraction of sp³-hybridized carbons (Fsp3) is 0.310. The highest BCUT2D eigenvalue weighted by atomic mass is 32.1.